The quantitative estimate of drug-likeness (QED) is 0.882. The molecule has 3 rings (SSSR count). The van der Waals surface area contributed by atoms with E-state index in [1.165, 1.54) is 25.7 Å². The highest BCUT2D eigenvalue weighted by molar-refractivity contribution is 5.49. The Balaban J connectivity index is 1.69. The number of hydrogen-bond donors (Lipinski definition) is 2. The fourth-order valence-electron chi connectivity index (χ4n) is 3.77. The lowest BCUT2D eigenvalue weighted by Crippen LogP contribution is -2.21. The summed E-state index contributed by atoms with van der Waals surface area (Å²) in [6.07, 6.45) is 0.749. The molecule has 6 heteroatoms. The van der Waals surface area contributed by atoms with E-state index < -0.39 is 11.7 Å². The van der Waals surface area contributed by atoms with Crippen molar-refractivity contribution in [1.29, 1.82) is 0 Å². The second kappa shape index (κ2) is 5.39. The van der Waals surface area contributed by atoms with Crippen molar-refractivity contribution in [3.63, 3.8) is 0 Å². The summed E-state index contributed by atoms with van der Waals surface area (Å²) in [5, 5.41) is 5.79. The zero-order chi connectivity index (χ0) is 15.0. The van der Waals surface area contributed by atoms with Gasteiger partial charge in [-0.25, -0.2) is 4.98 Å². The Morgan fingerprint density at radius 2 is 1.95 bits per heavy atom. The van der Waals surface area contributed by atoms with Gasteiger partial charge in [-0.1, -0.05) is 6.42 Å². The van der Waals surface area contributed by atoms with Crippen LogP contribution in [-0.4, -0.2) is 18.6 Å². The average molecular weight is 299 g/mol. The Kier molecular flexibility index (Phi) is 3.71. The molecule has 0 spiro atoms. The fraction of sp³-hybridized carbons (Fsp3) is 0.667. The van der Waals surface area contributed by atoms with Gasteiger partial charge in [0.05, 0.1) is 5.56 Å². The summed E-state index contributed by atoms with van der Waals surface area (Å²) in [4.78, 5) is 4.17. The Labute approximate surface area is 122 Å². The first-order chi connectivity index (χ1) is 9.95. The van der Waals surface area contributed by atoms with E-state index in [1.807, 2.05) is 0 Å². The minimum atomic E-state index is -4.35. The van der Waals surface area contributed by atoms with E-state index in [0.717, 1.165) is 30.5 Å². The molecule has 116 valence electrons. The summed E-state index contributed by atoms with van der Waals surface area (Å²) in [6, 6.07) is 2.12. The lowest BCUT2D eigenvalue weighted by atomic mass is 9.89. The summed E-state index contributed by atoms with van der Waals surface area (Å²) in [7, 11) is 1.57. The molecule has 0 amide bonds. The maximum Gasteiger partial charge on any atom is 0.416 e. The van der Waals surface area contributed by atoms with Crippen LogP contribution < -0.4 is 10.6 Å². The van der Waals surface area contributed by atoms with Gasteiger partial charge in [0.1, 0.15) is 11.6 Å². The number of alkyl halides is 3. The van der Waals surface area contributed by atoms with Crippen LogP contribution in [0, 0.1) is 17.8 Å². The molecule has 2 aliphatic rings. The van der Waals surface area contributed by atoms with Crippen molar-refractivity contribution in [3.8, 4) is 0 Å². The number of anilines is 2. The number of nitrogens with one attached hydrogen (secondary N) is 2. The van der Waals surface area contributed by atoms with Crippen LogP contribution in [0.1, 0.15) is 31.2 Å². The largest absolute Gasteiger partial charge is 0.416 e. The zero-order valence-electron chi connectivity index (χ0n) is 12.0. The third-order valence-electron chi connectivity index (χ3n) is 4.84. The standard InChI is InChI=1S/C15H20F3N3/c1-19-13-6-12(15(16,17)18)7-14(21-13)20-8-11-5-9-2-3-10(11)4-9/h6-7,9-11H,2-5,8H2,1H3,(H2,19,20,21). The van der Waals surface area contributed by atoms with Gasteiger partial charge in [-0.15, -0.1) is 0 Å². The van der Waals surface area contributed by atoms with Crippen LogP contribution in [0.3, 0.4) is 0 Å². The van der Waals surface area contributed by atoms with Crippen molar-refractivity contribution in [2.24, 2.45) is 17.8 Å². The average Bonchev–Trinajstić information content (AvgIpc) is 3.06. The van der Waals surface area contributed by atoms with Crippen molar-refractivity contribution in [3.05, 3.63) is 17.7 Å². The van der Waals surface area contributed by atoms with E-state index in [1.54, 1.807) is 7.05 Å². The Bertz CT molecular complexity index is 515. The normalized spacial score (nSPS) is 27.9. The number of nitrogens with zero attached hydrogens (tertiary/aromatic N) is 1. The Hall–Kier alpha value is -1.46. The number of fused-ring (bicyclic) bond motifs is 2. The number of pyridine rings is 1. The number of rotatable bonds is 4. The fourth-order valence-corrected chi connectivity index (χ4v) is 3.77. The molecule has 2 bridgehead atoms. The number of halogens is 3. The van der Waals surface area contributed by atoms with Crippen LogP contribution in [0.5, 0.6) is 0 Å². The summed E-state index contributed by atoms with van der Waals surface area (Å²) in [5.74, 6) is 2.71. The first kappa shape index (κ1) is 14.5. The number of aromatic nitrogens is 1. The molecular weight excluding hydrogens is 279 g/mol. The summed E-state index contributed by atoms with van der Waals surface area (Å²) < 4.78 is 38.6. The van der Waals surface area contributed by atoms with E-state index in [2.05, 4.69) is 15.6 Å². The molecule has 1 aromatic heterocycles. The Morgan fingerprint density at radius 1 is 1.19 bits per heavy atom. The van der Waals surface area contributed by atoms with Gasteiger partial charge < -0.3 is 10.6 Å². The van der Waals surface area contributed by atoms with Gasteiger partial charge in [0, 0.05) is 13.6 Å². The van der Waals surface area contributed by atoms with Gasteiger partial charge in [0.2, 0.25) is 0 Å². The van der Waals surface area contributed by atoms with Crippen LogP contribution in [0.25, 0.3) is 0 Å². The van der Waals surface area contributed by atoms with E-state index in [9.17, 15) is 13.2 Å². The molecule has 1 aromatic rings. The third-order valence-corrected chi connectivity index (χ3v) is 4.84. The van der Waals surface area contributed by atoms with Crippen molar-refractivity contribution in [1.82, 2.24) is 4.98 Å². The molecule has 3 nitrogen and oxygen atoms in total. The van der Waals surface area contributed by atoms with E-state index in [0.29, 0.717) is 11.7 Å². The second-order valence-corrected chi connectivity index (χ2v) is 6.19. The monoisotopic (exact) mass is 299 g/mol. The lowest BCUT2D eigenvalue weighted by Gasteiger charge is -2.22. The molecule has 2 N–H and O–H groups in total. The maximum atomic E-state index is 12.9. The van der Waals surface area contributed by atoms with Crippen LogP contribution in [0.2, 0.25) is 0 Å². The molecule has 0 aromatic carbocycles. The van der Waals surface area contributed by atoms with Gasteiger partial charge in [-0.3, -0.25) is 0 Å². The first-order valence-electron chi connectivity index (χ1n) is 7.46. The van der Waals surface area contributed by atoms with Crippen molar-refractivity contribution in [2.75, 3.05) is 24.2 Å². The van der Waals surface area contributed by atoms with Crippen molar-refractivity contribution < 1.29 is 13.2 Å². The lowest BCUT2D eigenvalue weighted by molar-refractivity contribution is -0.137. The van der Waals surface area contributed by atoms with Gasteiger partial charge in [0.15, 0.2) is 0 Å². The van der Waals surface area contributed by atoms with E-state index in [4.69, 9.17) is 0 Å². The van der Waals surface area contributed by atoms with Crippen molar-refractivity contribution in [2.45, 2.75) is 31.9 Å². The minimum Gasteiger partial charge on any atom is -0.373 e. The molecular formula is C15H20F3N3. The van der Waals surface area contributed by atoms with Gasteiger partial charge >= 0.3 is 6.18 Å². The zero-order valence-corrected chi connectivity index (χ0v) is 12.0. The van der Waals surface area contributed by atoms with Crippen LogP contribution >= 0.6 is 0 Å². The second-order valence-electron chi connectivity index (χ2n) is 6.19. The minimum absolute atomic E-state index is 0.236. The molecule has 3 unspecified atom stereocenters. The molecule has 2 aliphatic carbocycles. The van der Waals surface area contributed by atoms with Crippen molar-refractivity contribution >= 4 is 11.6 Å². The molecule has 1 heterocycles. The summed E-state index contributed by atoms with van der Waals surface area (Å²) >= 11 is 0. The highest BCUT2D eigenvalue weighted by atomic mass is 19.4. The van der Waals surface area contributed by atoms with Crippen LogP contribution in [0.15, 0.2) is 12.1 Å². The Morgan fingerprint density at radius 3 is 2.52 bits per heavy atom. The van der Waals surface area contributed by atoms with Crippen LogP contribution in [0.4, 0.5) is 24.8 Å². The molecule has 0 aliphatic heterocycles. The molecule has 3 atom stereocenters. The van der Waals surface area contributed by atoms with Crippen LogP contribution in [-0.2, 0) is 6.18 Å². The maximum absolute atomic E-state index is 12.9. The molecule has 0 radical (unpaired) electrons. The highest BCUT2D eigenvalue weighted by Crippen LogP contribution is 2.48. The SMILES string of the molecule is CNc1cc(C(F)(F)F)cc(NCC2CC3CCC2C3)n1. The predicted molar refractivity (Wildman–Crippen MR) is 76.2 cm³/mol. The van der Waals surface area contributed by atoms with E-state index in [-0.39, 0.29) is 5.82 Å². The topological polar surface area (TPSA) is 37.0 Å². The molecule has 21 heavy (non-hydrogen) atoms. The number of hydrogen-bond acceptors (Lipinski definition) is 3. The molecule has 2 fully saturated rings. The van der Waals surface area contributed by atoms with E-state index >= 15 is 0 Å². The first-order valence-corrected chi connectivity index (χ1v) is 7.46. The van der Waals surface area contributed by atoms with Gasteiger partial charge in [0.25, 0.3) is 0 Å². The van der Waals surface area contributed by atoms with Gasteiger partial charge in [-0.2, -0.15) is 13.2 Å². The smallest absolute Gasteiger partial charge is 0.373 e. The molecule has 2 saturated carbocycles. The summed E-state index contributed by atoms with van der Waals surface area (Å²) in [6.45, 7) is 0.721. The third kappa shape index (κ3) is 3.09. The van der Waals surface area contributed by atoms with Gasteiger partial charge in [-0.05, 0) is 49.1 Å². The molecule has 0 saturated heterocycles. The highest BCUT2D eigenvalue weighted by Gasteiger charge is 2.39. The predicted octanol–water partition coefficient (Wildman–Crippen LogP) is 3.99. The summed E-state index contributed by atoms with van der Waals surface area (Å²) in [5.41, 5.74) is -0.669.